The summed E-state index contributed by atoms with van der Waals surface area (Å²) in [5.41, 5.74) is 5.84. The number of nitrogens with zero attached hydrogens (tertiary/aromatic N) is 1. The van der Waals surface area contributed by atoms with Gasteiger partial charge < -0.3 is 19.5 Å². The SMILES string of the molecule is COC(=O)N1C(=O)[C@@H]2[C@@H](CC(C(C)C)=C3[C@@H](CC/C(C)=C/c4cc(C)c(O)c(C)c4)OB(O)C[C@@H]32)C1=O. The maximum absolute atomic E-state index is 13.3. The number of hydrogen-bond acceptors (Lipinski definition) is 7. The summed E-state index contributed by atoms with van der Waals surface area (Å²) in [6, 6.07) is 3.89. The summed E-state index contributed by atoms with van der Waals surface area (Å²) < 4.78 is 10.7. The van der Waals surface area contributed by atoms with Gasteiger partial charge in [-0.2, -0.15) is 4.90 Å². The van der Waals surface area contributed by atoms with Crippen molar-refractivity contribution < 1.29 is 33.9 Å². The molecular formula is C28H36BNO7. The number of fused-ring (bicyclic) bond motifs is 3. The number of aromatic hydroxyl groups is 1. The van der Waals surface area contributed by atoms with E-state index >= 15 is 0 Å². The number of phenols is 1. The predicted molar refractivity (Wildman–Crippen MR) is 139 cm³/mol. The van der Waals surface area contributed by atoms with Gasteiger partial charge in [-0.3, -0.25) is 9.59 Å². The number of allylic oxidation sites excluding steroid dienone is 2. The van der Waals surface area contributed by atoms with Crippen LogP contribution in [0.25, 0.3) is 6.08 Å². The van der Waals surface area contributed by atoms with E-state index in [1.54, 1.807) is 0 Å². The first-order valence-corrected chi connectivity index (χ1v) is 12.9. The van der Waals surface area contributed by atoms with Crippen LogP contribution in [0, 0.1) is 37.5 Å². The molecule has 2 heterocycles. The van der Waals surface area contributed by atoms with Crippen molar-refractivity contribution in [3.05, 3.63) is 45.5 Å². The van der Waals surface area contributed by atoms with Crippen LogP contribution in [0.2, 0.25) is 6.32 Å². The van der Waals surface area contributed by atoms with Crippen LogP contribution in [0.1, 0.15) is 56.7 Å². The van der Waals surface area contributed by atoms with E-state index in [4.69, 9.17) is 9.39 Å². The normalized spacial score (nSPS) is 26.1. The van der Waals surface area contributed by atoms with Crippen LogP contribution in [0.4, 0.5) is 4.79 Å². The van der Waals surface area contributed by atoms with E-state index in [0.29, 0.717) is 29.9 Å². The second-order valence-electron chi connectivity index (χ2n) is 10.9. The molecule has 0 radical (unpaired) electrons. The molecule has 0 unspecified atom stereocenters. The molecule has 0 bridgehead atoms. The molecule has 0 spiro atoms. The number of phenolic OH excluding ortho intramolecular Hbond substituents is 1. The van der Waals surface area contributed by atoms with Gasteiger partial charge >= 0.3 is 13.2 Å². The summed E-state index contributed by atoms with van der Waals surface area (Å²) in [6.07, 6.45) is 2.64. The lowest BCUT2D eigenvalue weighted by Crippen LogP contribution is -2.46. The van der Waals surface area contributed by atoms with Crippen molar-refractivity contribution in [3.63, 3.8) is 0 Å². The van der Waals surface area contributed by atoms with Gasteiger partial charge in [0, 0.05) is 0 Å². The van der Waals surface area contributed by atoms with Gasteiger partial charge in [-0.1, -0.05) is 31.1 Å². The Hall–Kier alpha value is -2.91. The van der Waals surface area contributed by atoms with Gasteiger partial charge in [0.15, 0.2) is 0 Å². The summed E-state index contributed by atoms with van der Waals surface area (Å²) in [7, 11) is 0.0894. The van der Waals surface area contributed by atoms with Gasteiger partial charge in [0.25, 0.3) is 0 Å². The van der Waals surface area contributed by atoms with Crippen LogP contribution in [-0.4, -0.2) is 53.3 Å². The zero-order chi connectivity index (χ0) is 27.2. The van der Waals surface area contributed by atoms with E-state index < -0.39 is 43.0 Å². The summed E-state index contributed by atoms with van der Waals surface area (Å²) in [6.45, 7) is 9.90. The predicted octanol–water partition coefficient (Wildman–Crippen LogP) is 4.41. The van der Waals surface area contributed by atoms with E-state index in [9.17, 15) is 24.5 Å². The average molecular weight is 509 g/mol. The molecular weight excluding hydrogens is 473 g/mol. The van der Waals surface area contributed by atoms with E-state index in [2.05, 4.69) is 19.9 Å². The average Bonchev–Trinajstić information content (AvgIpc) is 3.09. The molecule has 1 aromatic carbocycles. The lowest BCUT2D eigenvalue weighted by atomic mass is 9.57. The number of likely N-dealkylation sites (tertiary alicyclic amines) is 1. The Kier molecular flexibility index (Phi) is 7.67. The Morgan fingerprint density at radius 2 is 1.86 bits per heavy atom. The van der Waals surface area contributed by atoms with Crippen molar-refractivity contribution >= 4 is 31.1 Å². The van der Waals surface area contributed by atoms with Gasteiger partial charge in [-0.15, -0.1) is 0 Å². The fourth-order valence-corrected chi connectivity index (χ4v) is 6.31. The number of hydrogen-bond donors (Lipinski definition) is 2. The highest BCUT2D eigenvalue weighted by atomic mass is 16.5. The molecule has 4 rings (SSSR count). The third-order valence-corrected chi connectivity index (χ3v) is 8.03. The molecule has 4 atom stereocenters. The quantitative estimate of drug-likeness (QED) is 0.343. The Morgan fingerprint density at radius 3 is 2.46 bits per heavy atom. The Bertz CT molecular complexity index is 1160. The Morgan fingerprint density at radius 1 is 1.22 bits per heavy atom. The minimum atomic E-state index is -1.06. The molecule has 0 aromatic heterocycles. The summed E-state index contributed by atoms with van der Waals surface area (Å²) in [4.78, 5) is 39.2. The van der Waals surface area contributed by atoms with Crippen molar-refractivity contribution in [2.24, 2.45) is 23.7 Å². The fourth-order valence-electron chi connectivity index (χ4n) is 6.31. The first kappa shape index (κ1) is 27.1. The van der Waals surface area contributed by atoms with Crippen LogP contribution in [-0.2, 0) is 19.0 Å². The number of aryl methyl sites for hydroxylation is 2. The second-order valence-corrected chi connectivity index (χ2v) is 10.9. The smallest absolute Gasteiger partial charge is 0.455 e. The largest absolute Gasteiger partial charge is 0.507 e. The van der Waals surface area contributed by atoms with Crippen LogP contribution in [0.15, 0.2) is 28.9 Å². The first-order valence-electron chi connectivity index (χ1n) is 12.9. The third-order valence-electron chi connectivity index (χ3n) is 8.03. The highest BCUT2D eigenvalue weighted by Crippen LogP contribution is 2.52. The molecule has 3 amide bonds. The van der Waals surface area contributed by atoms with Gasteiger partial charge in [0.05, 0.1) is 25.0 Å². The maximum atomic E-state index is 13.3. The van der Waals surface area contributed by atoms with Crippen molar-refractivity contribution in [2.45, 2.75) is 66.3 Å². The Labute approximate surface area is 218 Å². The minimum Gasteiger partial charge on any atom is -0.507 e. The molecule has 2 N–H and O–H groups in total. The molecule has 2 saturated heterocycles. The molecule has 8 nitrogen and oxygen atoms in total. The number of carbonyl (C=O) groups excluding carboxylic acids is 3. The lowest BCUT2D eigenvalue weighted by Gasteiger charge is -2.44. The third kappa shape index (κ3) is 4.99. The number of methoxy groups -OCH3 is 1. The highest BCUT2D eigenvalue weighted by Gasteiger charge is 2.59. The maximum Gasteiger partial charge on any atom is 0.455 e. The zero-order valence-corrected chi connectivity index (χ0v) is 22.4. The number of carbonyl (C=O) groups is 3. The molecule has 9 heteroatoms. The van der Waals surface area contributed by atoms with E-state index in [1.807, 2.05) is 32.9 Å². The number of benzene rings is 1. The lowest BCUT2D eigenvalue weighted by molar-refractivity contribution is -0.137. The van der Waals surface area contributed by atoms with Crippen molar-refractivity contribution in [3.8, 4) is 5.75 Å². The molecule has 37 heavy (non-hydrogen) atoms. The number of imide groups is 3. The van der Waals surface area contributed by atoms with Crippen LogP contribution < -0.4 is 0 Å². The number of amides is 3. The van der Waals surface area contributed by atoms with E-state index in [-0.39, 0.29) is 18.2 Å². The summed E-state index contributed by atoms with van der Waals surface area (Å²) in [5, 5.41) is 20.7. The topological polar surface area (TPSA) is 113 Å². The second kappa shape index (κ2) is 10.5. The van der Waals surface area contributed by atoms with Crippen molar-refractivity contribution in [2.75, 3.05) is 7.11 Å². The van der Waals surface area contributed by atoms with E-state index in [0.717, 1.165) is 40.5 Å². The zero-order valence-electron chi connectivity index (χ0n) is 22.4. The van der Waals surface area contributed by atoms with Crippen LogP contribution in [0.3, 0.4) is 0 Å². The Balaban J connectivity index is 1.62. The minimum absolute atomic E-state index is 0.120. The molecule has 1 aliphatic carbocycles. The number of rotatable bonds is 5. The van der Waals surface area contributed by atoms with Crippen LogP contribution in [0.5, 0.6) is 5.75 Å². The van der Waals surface area contributed by atoms with Crippen molar-refractivity contribution in [1.29, 1.82) is 0 Å². The summed E-state index contributed by atoms with van der Waals surface area (Å²) >= 11 is 0. The standard InChI is InChI=1S/C28H36BNO7/c1-14(2)19-12-20-24(27(33)30(26(20)32)28(34)36-6)21-13-29(35)37-22(23(19)21)8-7-15(3)9-18-10-16(4)25(31)17(5)11-18/h9-11,14,20-22,24,31,35H,7-8,12-13H2,1-6H3/b15-9+/t20-,21+,22-,24-/m1/s1. The molecule has 0 saturated carbocycles. The van der Waals surface area contributed by atoms with E-state index in [1.165, 1.54) is 0 Å². The van der Waals surface area contributed by atoms with Crippen molar-refractivity contribution in [1.82, 2.24) is 4.90 Å². The van der Waals surface area contributed by atoms with Gasteiger partial charge in [0.2, 0.25) is 11.8 Å². The summed E-state index contributed by atoms with van der Waals surface area (Å²) in [5.74, 6) is -2.35. The monoisotopic (exact) mass is 509 g/mol. The molecule has 2 fully saturated rings. The number of ether oxygens (including phenoxy) is 1. The first-order chi connectivity index (χ1) is 17.4. The van der Waals surface area contributed by atoms with Gasteiger partial charge in [-0.25, -0.2) is 4.79 Å². The molecule has 2 aliphatic heterocycles. The van der Waals surface area contributed by atoms with Gasteiger partial charge in [-0.05, 0) is 92.6 Å². The van der Waals surface area contributed by atoms with Crippen LogP contribution >= 0.6 is 0 Å². The highest BCUT2D eigenvalue weighted by molar-refractivity contribution is 6.43. The molecule has 3 aliphatic rings. The molecule has 198 valence electrons. The fraction of sp³-hybridized carbons (Fsp3) is 0.536. The van der Waals surface area contributed by atoms with Gasteiger partial charge in [0.1, 0.15) is 5.75 Å². The molecule has 1 aromatic rings.